The van der Waals surface area contributed by atoms with Crippen molar-refractivity contribution in [1.29, 1.82) is 0 Å². The minimum atomic E-state index is -0.633. The van der Waals surface area contributed by atoms with Crippen molar-refractivity contribution >= 4 is 5.97 Å². The smallest absolute Gasteiger partial charge is 0.341 e. The van der Waals surface area contributed by atoms with Crippen LogP contribution in [0.15, 0.2) is 42.7 Å². The molecule has 0 unspecified atom stereocenters. The topological polar surface area (TPSA) is 44.1 Å². The Morgan fingerprint density at radius 1 is 1.42 bits per heavy atom. The fourth-order valence-electron chi connectivity index (χ4n) is 1.68. The number of benzene rings is 1. The van der Waals surface area contributed by atoms with E-state index >= 15 is 0 Å². The molecule has 0 spiro atoms. The van der Waals surface area contributed by atoms with Crippen molar-refractivity contribution in [2.75, 3.05) is 0 Å². The maximum Gasteiger partial charge on any atom is 0.341 e. The Kier molecular flexibility index (Phi) is 4.28. The van der Waals surface area contributed by atoms with Crippen LogP contribution in [0, 0.1) is 5.82 Å². The van der Waals surface area contributed by atoms with Gasteiger partial charge in [0.2, 0.25) is 0 Å². The summed E-state index contributed by atoms with van der Waals surface area (Å²) in [6.07, 6.45) is 3.86. The van der Waals surface area contributed by atoms with Crippen LogP contribution in [0.1, 0.15) is 23.7 Å². The summed E-state index contributed by atoms with van der Waals surface area (Å²) in [5, 5.41) is 4.06. The summed E-state index contributed by atoms with van der Waals surface area (Å²) >= 11 is 0. The van der Waals surface area contributed by atoms with Crippen molar-refractivity contribution in [2.24, 2.45) is 0 Å². The molecule has 0 saturated heterocycles. The summed E-state index contributed by atoms with van der Waals surface area (Å²) in [5.41, 5.74) is -0.0339. The molecule has 0 aliphatic rings. The summed E-state index contributed by atoms with van der Waals surface area (Å²) in [5.74, 6) is -1.20. The van der Waals surface area contributed by atoms with Gasteiger partial charge in [-0.25, -0.2) is 9.18 Å². The molecule has 0 saturated carbocycles. The monoisotopic (exact) mass is 262 g/mol. The van der Waals surface area contributed by atoms with E-state index in [-0.39, 0.29) is 11.7 Å². The van der Waals surface area contributed by atoms with Crippen molar-refractivity contribution < 1.29 is 13.9 Å². The van der Waals surface area contributed by atoms with Crippen LogP contribution in [0.25, 0.3) is 0 Å². The molecule has 19 heavy (non-hydrogen) atoms. The standard InChI is InChI=1S/C14H15FN2O2/c1-11(7-10-17-9-4-8-16-17)19-14(18)12-5-2-3-6-13(12)15/h2-6,8-9,11H,7,10H2,1H3/t11-/m0/s1. The highest BCUT2D eigenvalue weighted by Gasteiger charge is 2.15. The average Bonchev–Trinajstić information content (AvgIpc) is 2.90. The van der Waals surface area contributed by atoms with Crippen molar-refractivity contribution in [3.05, 3.63) is 54.1 Å². The molecule has 0 N–H and O–H groups in total. The number of hydrogen-bond donors (Lipinski definition) is 0. The predicted molar refractivity (Wildman–Crippen MR) is 68.1 cm³/mol. The van der Waals surface area contributed by atoms with E-state index in [1.807, 2.05) is 12.3 Å². The Labute approximate surface area is 110 Å². The van der Waals surface area contributed by atoms with E-state index in [4.69, 9.17) is 4.74 Å². The highest BCUT2D eigenvalue weighted by atomic mass is 19.1. The van der Waals surface area contributed by atoms with Crippen molar-refractivity contribution in [3.8, 4) is 0 Å². The first-order valence-electron chi connectivity index (χ1n) is 6.10. The Bertz CT molecular complexity index is 540. The molecule has 0 radical (unpaired) electrons. The normalized spacial score (nSPS) is 12.1. The van der Waals surface area contributed by atoms with Gasteiger partial charge in [-0.2, -0.15) is 5.10 Å². The van der Waals surface area contributed by atoms with Gasteiger partial charge in [0.25, 0.3) is 0 Å². The molecule has 1 aromatic carbocycles. The lowest BCUT2D eigenvalue weighted by atomic mass is 10.2. The fourth-order valence-corrected chi connectivity index (χ4v) is 1.68. The first kappa shape index (κ1) is 13.3. The second-order valence-electron chi connectivity index (χ2n) is 4.25. The van der Waals surface area contributed by atoms with Crippen LogP contribution < -0.4 is 0 Å². The van der Waals surface area contributed by atoms with Crippen molar-refractivity contribution in [3.63, 3.8) is 0 Å². The fraction of sp³-hybridized carbons (Fsp3) is 0.286. The van der Waals surface area contributed by atoms with Gasteiger partial charge in [0.1, 0.15) is 11.9 Å². The number of aryl methyl sites for hydroxylation is 1. The summed E-state index contributed by atoms with van der Waals surface area (Å²) in [4.78, 5) is 11.8. The maximum atomic E-state index is 13.4. The van der Waals surface area contributed by atoms with Gasteiger partial charge >= 0.3 is 5.97 Å². The summed E-state index contributed by atoms with van der Waals surface area (Å²) in [6, 6.07) is 7.63. The molecule has 1 aromatic heterocycles. The van der Waals surface area contributed by atoms with E-state index in [0.29, 0.717) is 13.0 Å². The Morgan fingerprint density at radius 3 is 2.89 bits per heavy atom. The number of ether oxygens (including phenoxy) is 1. The minimum absolute atomic E-state index is 0.0339. The summed E-state index contributed by atoms with van der Waals surface area (Å²) in [7, 11) is 0. The number of esters is 1. The zero-order valence-electron chi connectivity index (χ0n) is 10.6. The zero-order valence-corrected chi connectivity index (χ0v) is 10.6. The minimum Gasteiger partial charge on any atom is -0.459 e. The molecule has 1 atom stereocenters. The number of halogens is 1. The van der Waals surface area contributed by atoms with Crippen LogP contribution in [-0.4, -0.2) is 21.9 Å². The third-order valence-corrected chi connectivity index (χ3v) is 2.73. The van der Waals surface area contributed by atoms with E-state index in [2.05, 4.69) is 5.10 Å². The van der Waals surface area contributed by atoms with Gasteiger partial charge < -0.3 is 4.74 Å². The quantitative estimate of drug-likeness (QED) is 0.778. The van der Waals surface area contributed by atoms with Gasteiger partial charge in [-0.15, -0.1) is 0 Å². The van der Waals surface area contributed by atoms with Crippen LogP contribution >= 0.6 is 0 Å². The lowest BCUT2D eigenvalue weighted by Gasteiger charge is -2.13. The zero-order chi connectivity index (χ0) is 13.7. The molecule has 2 rings (SSSR count). The molecule has 0 aliphatic carbocycles. The van der Waals surface area contributed by atoms with Gasteiger partial charge in [0.05, 0.1) is 5.56 Å². The van der Waals surface area contributed by atoms with Gasteiger partial charge in [-0.05, 0) is 25.1 Å². The second kappa shape index (κ2) is 6.13. The first-order chi connectivity index (χ1) is 9.16. The number of rotatable bonds is 5. The van der Waals surface area contributed by atoms with Crippen LogP contribution in [0.4, 0.5) is 4.39 Å². The molecule has 1 heterocycles. The summed E-state index contributed by atoms with van der Waals surface area (Å²) < 4.78 is 20.3. The highest BCUT2D eigenvalue weighted by molar-refractivity contribution is 5.89. The van der Waals surface area contributed by atoms with E-state index in [0.717, 1.165) is 0 Å². The van der Waals surface area contributed by atoms with Crippen molar-refractivity contribution in [1.82, 2.24) is 9.78 Å². The number of aromatic nitrogens is 2. The molecule has 5 heteroatoms. The van der Waals surface area contributed by atoms with Crippen molar-refractivity contribution in [2.45, 2.75) is 26.0 Å². The van der Waals surface area contributed by atoms with Crippen LogP contribution in [0.3, 0.4) is 0 Å². The maximum absolute atomic E-state index is 13.4. The molecular formula is C14H15FN2O2. The molecule has 0 amide bonds. The van der Waals surface area contributed by atoms with Gasteiger partial charge in [-0.3, -0.25) is 4.68 Å². The average molecular weight is 262 g/mol. The van der Waals surface area contributed by atoms with E-state index in [9.17, 15) is 9.18 Å². The Hall–Kier alpha value is -2.17. The Morgan fingerprint density at radius 2 is 2.21 bits per heavy atom. The SMILES string of the molecule is C[C@@H](CCn1cccn1)OC(=O)c1ccccc1F. The molecule has 4 nitrogen and oxygen atoms in total. The molecular weight excluding hydrogens is 247 g/mol. The molecule has 0 aliphatic heterocycles. The van der Waals surface area contributed by atoms with E-state index in [1.165, 1.54) is 18.2 Å². The molecule has 0 bridgehead atoms. The van der Waals surface area contributed by atoms with Gasteiger partial charge in [0.15, 0.2) is 0 Å². The number of carbonyl (C=O) groups is 1. The molecule has 100 valence electrons. The second-order valence-corrected chi connectivity index (χ2v) is 4.25. The molecule has 0 fully saturated rings. The number of nitrogens with zero attached hydrogens (tertiary/aromatic N) is 2. The number of hydrogen-bond acceptors (Lipinski definition) is 3. The largest absolute Gasteiger partial charge is 0.459 e. The van der Waals surface area contributed by atoms with Crippen LogP contribution in [0.2, 0.25) is 0 Å². The van der Waals surface area contributed by atoms with Crippen LogP contribution in [0.5, 0.6) is 0 Å². The van der Waals surface area contributed by atoms with Gasteiger partial charge in [0, 0.05) is 25.4 Å². The molecule has 2 aromatic rings. The van der Waals surface area contributed by atoms with Gasteiger partial charge in [-0.1, -0.05) is 12.1 Å². The van der Waals surface area contributed by atoms with E-state index in [1.54, 1.807) is 23.9 Å². The predicted octanol–water partition coefficient (Wildman–Crippen LogP) is 2.66. The highest BCUT2D eigenvalue weighted by Crippen LogP contribution is 2.10. The third-order valence-electron chi connectivity index (χ3n) is 2.73. The number of carbonyl (C=O) groups excluding carboxylic acids is 1. The van der Waals surface area contributed by atoms with E-state index < -0.39 is 11.8 Å². The lowest BCUT2D eigenvalue weighted by molar-refractivity contribution is 0.0308. The Balaban J connectivity index is 1.87. The van der Waals surface area contributed by atoms with Crippen LogP contribution in [-0.2, 0) is 11.3 Å². The lowest BCUT2D eigenvalue weighted by Crippen LogP contribution is -2.18. The first-order valence-corrected chi connectivity index (χ1v) is 6.10. The summed E-state index contributed by atoms with van der Waals surface area (Å²) in [6.45, 7) is 2.43. The third kappa shape index (κ3) is 3.64.